The number of hydrogen-bond acceptors (Lipinski definition) is 4. The Morgan fingerprint density at radius 2 is 1.80 bits per heavy atom. The van der Waals surface area contributed by atoms with Crippen molar-refractivity contribution in [3.05, 3.63) is 89.0 Å². The number of benzene rings is 3. The zero-order valence-electron chi connectivity index (χ0n) is 16.4. The normalized spacial score (nSPS) is 20.5. The summed E-state index contributed by atoms with van der Waals surface area (Å²) in [6, 6.07) is 24.2. The van der Waals surface area contributed by atoms with Gasteiger partial charge in [0.25, 0.3) is 0 Å². The van der Waals surface area contributed by atoms with Crippen molar-refractivity contribution in [1.29, 1.82) is 10.5 Å². The molecule has 0 saturated heterocycles. The van der Waals surface area contributed by atoms with E-state index in [4.69, 9.17) is 4.74 Å². The Balaban J connectivity index is 1.52. The van der Waals surface area contributed by atoms with Crippen LogP contribution >= 0.6 is 0 Å². The van der Waals surface area contributed by atoms with Gasteiger partial charge < -0.3 is 4.74 Å². The number of nitriles is 2. The fourth-order valence-electron chi connectivity index (χ4n) is 4.68. The Hall–Kier alpha value is -3.89. The van der Waals surface area contributed by atoms with Gasteiger partial charge in [-0.25, -0.2) is 0 Å². The van der Waals surface area contributed by atoms with Gasteiger partial charge in [-0.3, -0.25) is 0 Å². The number of hydrogen-bond donors (Lipinski definition) is 0. The summed E-state index contributed by atoms with van der Waals surface area (Å²) in [6.45, 7) is 0. The summed E-state index contributed by atoms with van der Waals surface area (Å²) in [5.41, 5.74) is 6.93. The molecule has 3 aromatic rings. The molecule has 0 fully saturated rings. The number of rotatable bonds is 2. The standard InChI is InChI=1S/C26H19N3O/c27-15-17-4-3-6-19(12-17)20-9-11-25-23(13-20)24(29-16-28)14-26(30-25)22-10-8-18-5-1-2-7-21(18)22/h1-7,9,11-13,22,26H,8,10,14H2/b29-24-. The lowest BCUT2D eigenvalue weighted by Gasteiger charge is -2.31. The molecule has 0 N–H and O–H groups in total. The third-order valence-corrected chi connectivity index (χ3v) is 6.10. The van der Waals surface area contributed by atoms with Gasteiger partial charge in [0.05, 0.1) is 17.3 Å². The first kappa shape index (κ1) is 18.2. The van der Waals surface area contributed by atoms with Crippen LogP contribution in [0.25, 0.3) is 11.1 Å². The largest absolute Gasteiger partial charge is 0.489 e. The average Bonchev–Trinajstić information content (AvgIpc) is 3.23. The van der Waals surface area contributed by atoms with Gasteiger partial charge in [-0.05, 0) is 59.4 Å². The molecule has 4 nitrogen and oxygen atoms in total. The second kappa shape index (κ2) is 7.50. The highest BCUT2D eigenvalue weighted by Crippen LogP contribution is 2.42. The predicted molar refractivity (Wildman–Crippen MR) is 115 cm³/mol. The van der Waals surface area contributed by atoms with Gasteiger partial charge in [0.1, 0.15) is 11.9 Å². The highest BCUT2D eigenvalue weighted by atomic mass is 16.5. The number of aryl methyl sites for hydroxylation is 1. The second-order valence-electron chi connectivity index (χ2n) is 7.77. The monoisotopic (exact) mass is 389 g/mol. The van der Waals surface area contributed by atoms with Crippen LogP contribution in [0.5, 0.6) is 5.75 Å². The van der Waals surface area contributed by atoms with Gasteiger partial charge in [-0.1, -0.05) is 42.5 Å². The zero-order chi connectivity index (χ0) is 20.5. The van der Waals surface area contributed by atoms with Gasteiger partial charge in [0.2, 0.25) is 6.19 Å². The van der Waals surface area contributed by atoms with Crippen molar-refractivity contribution in [2.75, 3.05) is 0 Å². The van der Waals surface area contributed by atoms with Crippen LogP contribution in [0.15, 0.2) is 71.7 Å². The Bertz CT molecular complexity index is 1250. The minimum Gasteiger partial charge on any atom is -0.489 e. The molecule has 0 saturated carbocycles. The molecule has 1 aliphatic carbocycles. The van der Waals surface area contributed by atoms with Crippen LogP contribution in [0, 0.1) is 22.8 Å². The van der Waals surface area contributed by atoms with Gasteiger partial charge in [-0.2, -0.15) is 15.5 Å². The molecular formula is C26H19N3O. The topological polar surface area (TPSA) is 69.2 Å². The smallest absolute Gasteiger partial charge is 0.205 e. The molecule has 30 heavy (non-hydrogen) atoms. The van der Waals surface area contributed by atoms with Crippen molar-refractivity contribution in [3.8, 4) is 29.1 Å². The predicted octanol–water partition coefficient (Wildman–Crippen LogP) is 5.38. The fraction of sp³-hybridized carbons (Fsp3) is 0.192. The molecule has 5 rings (SSSR count). The maximum Gasteiger partial charge on any atom is 0.205 e. The molecule has 2 aliphatic rings. The molecule has 2 unspecified atom stereocenters. The van der Waals surface area contributed by atoms with Crippen molar-refractivity contribution >= 4 is 5.71 Å². The van der Waals surface area contributed by atoms with E-state index in [2.05, 4.69) is 35.3 Å². The Morgan fingerprint density at radius 3 is 2.67 bits per heavy atom. The second-order valence-corrected chi connectivity index (χ2v) is 7.77. The van der Waals surface area contributed by atoms with Gasteiger partial charge >= 0.3 is 0 Å². The molecule has 0 bridgehead atoms. The van der Waals surface area contributed by atoms with E-state index >= 15 is 0 Å². The van der Waals surface area contributed by atoms with E-state index in [0.29, 0.717) is 17.9 Å². The molecule has 3 aromatic carbocycles. The summed E-state index contributed by atoms with van der Waals surface area (Å²) in [6.07, 6.45) is 4.68. The van der Waals surface area contributed by atoms with E-state index < -0.39 is 0 Å². The van der Waals surface area contributed by atoms with Crippen LogP contribution in [-0.2, 0) is 6.42 Å². The van der Waals surface area contributed by atoms with Crippen LogP contribution < -0.4 is 4.74 Å². The SMILES string of the molecule is N#C/N=C1/CC(C2CCc3ccccc32)Oc2ccc(-c3cccc(C#N)c3)cc21. The quantitative estimate of drug-likeness (QED) is 0.553. The third-order valence-electron chi connectivity index (χ3n) is 6.10. The van der Waals surface area contributed by atoms with Crippen molar-refractivity contribution in [2.24, 2.45) is 4.99 Å². The van der Waals surface area contributed by atoms with Crippen molar-refractivity contribution < 1.29 is 4.74 Å². The molecule has 0 aromatic heterocycles. The lowest BCUT2D eigenvalue weighted by atomic mass is 9.87. The first-order valence-corrected chi connectivity index (χ1v) is 10.1. The van der Waals surface area contributed by atoms with Crippen LogP contribution in [0.3, 0.4) is 0 Å². The summed E-state index contributed by atoms with van der Waals surface area (Å²) in [5, 5.41) is 18.5. The number of nitrogens with zero attached hydrogens (tertiary/aromatic N) is 3. The van der Waals surface area contributed by atoms with Crippen LogP contribution in [0.1, 0.15) is 41.0 Å². The maximum atomic E-state index is 9.29. The lowest BCUT2D eigenvalue weighted by molar-refractivity contribution is 0.170. The average molecular weight is 389 g/mol. The van der Waals surface area contributed by atoms with Crippen LogP contribution in [0.4, 0.5) is 0 Å². The summed E-state index contributed by atoms with van der Waals surface area (Å²) in [4.78, 5) is 4.16. The Labute approximate surface area is 175 Å². The zero-order valence-corrected chi connectivity index (χ0v) is 16.4. The molecular weight excluding hydrogens is 370 g/mol. The molecule has 4 heteroatoms. The molecule has 144 valence electrons. The van der Waals surface area contributed by atoms with Crippen molar-refractivity contribution in [2.45, 2.75) is 31.3 Å². The fourth-order valence-corrected chi connectivity index (χ4v) is 4.68. The molecule has 0 spiro atoms. The highest BCUT2D eigenvalue weighted by Gasteiger charge is 2.35. The minimum absolute atomic E-state index is 0.0268. The lowest BCUT2D eigenvalue weighted by Crippen LogP contribution is -2.32. The van der Waals surface area contributed by atoms with Gasteiger partial charge in [-0.15, -0.1) is 0 Å². The Morgan fingerprint density at radius 1 is 0.933 bits per heavy atom. The van der Waals surface area contributed by atoms with Crippen molar-refractivity contribution in [1.82, 2.24) is 0 Å². The number of aliphatic imine (C=N–C) groups is 1. The number of fused-ring (bicyclic) bond motifs is 2. The van der Waals surface area contributed by atoms with E-state index in [9.17, 15) is 10.5 Å². The van der Waals surface area contributed by atoms with E-state index in [1.165, 1.54) is 11.1 Å². The minimum atomic E-state index is -0.0268. The summed E-state index contributed by atoms with van der Waals surface area (Å²) in [5.74, 6) is 1.08. The summed E-state index contributed by atoms with van der Waals surface area (Å²) in [7, 11) is 0. The van der Waals surface area contributed by atoms with Gasteiger partial charge in [0, 0.05) is 17.9 Å². The van der Waals surface area contributed by atoms with Crippen LogP contribution in [0.2, 0.25) is 0 Å². The van der Waals surface area contributed by atoms with E-state index in [0.717, 1.165) is 41.0 Å². The number of ether oxygens (including phenoxy) is 1. The van der Waals surface area contributed by atoms with E-state index in [-0.39, 0.29) is 6.10 Å². The molecule has 1 aliphatic heterocycles. The highest BCUT2D eigenvalue weighted by molar-refractivity contribution is 6.05. The maximum absolute atomic E-state index is 9.29. The molecule has 0 radical (unpaired) electrons. The van der Waals surface area contributed by atoms with E-state index in [1.807, 2.05) is 42.6 Å². The molecule has 2 atom stereocenters. The summed E-state index contributed by atoms with van der Waals surface area (Å²) >= 11 is 0. The van der Waals surface area contributed by atoms with Gasteiger partial charge in [0.15, 0.2) is 0 Å². The third kappa shape index (κ3) is 3.13. The first-order valence-electron chi connectivity index (χ1n) is 10.1. The van der Waals surface area contributed by atoms with Crippen LogP contribution in [-0.4, -0.2) is 11.8 Å². The summed E-state index contributed by atoms with van der Waals surface area (Å²) < 4.78 is 6.44. The molecule has 0 amide bonds. The van der Waals surface area contributed by atoms with Crippen molar-refractivity contribution in [3.63, 3.8) is 0 Å². The first-order chi connectivity index (χ1) is 14.8. The Kier molecular flexibility index (Phi) is 4.54. The molecule has 1 heterocycles. The van der Waals surface area contributed by atoms with E-state index in [1.54, 1.807) is 6.07 Å².